The summed E-state index contributed by atoms with van der Waals surface area (Å²) in [5, 5.41) is 0.000000000000000222. The van der Waals surface area contributed by atoms with Crippen LogP contribution in [0.4, 0.5) is 0 Å². The van der Waals surface area contributed by atoms with Crippen molar-refractivity contribution in [1.29, 1.82) is 0 Å². The molecule has 0 aromatic carbocycles. The van der Waals surface area contributed by atoms with E-state index in [0.717, 1.165) is 0 Å². The third-order valence-corrected chi connectivity index (χ3v) is 3.94. The highest BCUT2D eigenvalue weighted by Gasteiger charge is 2.24. The number of hydrogen-bond donors (Lipinski definition) is 2. The van der Waals surface area contributed by atoms with Crippen LogP contribution in [0.15, 0.2) is 0 Å². The standard InChI is InChI=1S/C16H36N.CH4N2S/c1-5-9-13-17(14-10-6-2,15-11-7-3)16-12-8-4;2-1(3)4/h5-16H2,1-4H3;(H4,2,3,4)/q+1;. The smallest absolute Gasteiger partial charge is 0.160 e. The van der Waals surface area contributed by atoms with Crippen LogP contribution in [0.2, 0.25) is 0 Å². The number of nitrogens with two attached hydrogens (primary N) is 2. The van der Waals surface area contributed by atoms with Gasteiger partial charge in [0.1, 0.15) is 0 Å². The van der Waals surface area contributed by atoms with Gasteiger partial charge in [-0.1, -0.05) is 53.4 Å². The second-order valence-corrected chi connectivity index (χ2v) is 6.52. The number of thiocarbonyl (C=S) groups is 1. The van der Waals surface area contributed by atoms with Crippen molar-refractivity contribution in [2.75, 3.05) is 26.2 Å². The van der Waals surface area contributed by atoms with E-state index in [1.54, 1.807) is 0 Å². The summed E-state index contributed by atoms with van der Waals surface area (Å²) in [4.78, 5) is 0. The topological polar surface area (TPSA) is 52.0 Å². The van der Waals surface area contributed by atoms with Gasteiger partial charge >= 0.3 is 0 Å². The minimum absolute atomic E-state index is 0.000000000000000222. The van der Waals surface area contributed by atoms with E-state index < -0.39 is 0 Å². The highest BCUT2D eigenvalue weighted by atomic mass is 32.1. The van der Waals surface area contributed by atoms with Crippen LogP contribution in [0.1, 0.15) is 79.1 Å². The van der Waals surface area contributed by atoms with E-state index in [-0.39, 0.29) is 5.11 Å². The molecule has 21 heavy (non-hydrogen) atoms. The third kappa shape index (κ3) is 15.9. The van der Waals surface area contributed by atoms with E-state index in [1.165, 1.54) is 82.0 Å². The molecule has 0 fully saturated rings. The molecule has 0 aliphatic heterocycles. The first-order chi connectivity index (χ1) is 9.97. The van der Waals surface area contributed by atoms with E-state index in [0.29, 0.717) is 0 Å². The summed E-state index contributed by atoms with van der Waals surface area (Å²) in [5.41, 5.74) is 9.24. The highest BCUT2D eigenvalue weighted by molar-refractivity contribution is 7.80. The molecule has 0 aliphatic rings. The summed E-state index contributed by atoms with van der Waals surface area (Å²) < 4.78 is 1.42. The van der Waals surface area contributed by atoms with Crippen molar-refractivity contribution >= 4 is 17.3 Å². The highest BCUT2D eigenvalue weighted by Crippen LogP contribution is 2.16. The Balaban J connectivity index is 0. The maximum Gasteiger partial charge on any atom is 0.160 e. The summed E-state index contributed by atoms with van der Waals surface area (Å²) in [6.07, 6.45) is 11.1. The molecule has 0 aromatic heterocycles. The first-order valence-electron chi connectivity index (χ1n) is 8.87. The monoisotopic (exact) mass is 318 g/mol. The molecule has 0 aromatic rings. The number of unbranched alkanes of at least 4 members (excludes halogenated alkanes) is 4. The van der Waals surface area contributed by atoms with Gasteiger partial charge in [0.25, 0.3) is 0 Å². The van der Waals surface area contributed by atoms with Crippen molar-refractivity contribution in [1.82, 2.24) is 0 Å². The molecule has 0 rings (SSSR count). The fourth-order valence-corrected chi connectivity index (χ4v) is 2.64. The molecule has 0 unspecified atom stereocenters. The zero-order valence-corrected chi connectivity index (χ0v) is 15.8. The lowest BCUT2D eigenvalue weighted by molar-refractivity contribution is -0.929. The average Bonchev–Trinajstić information content (AvgIpc) is 2.45. The first-order valence-corrected chi connectivity index (χ1v) is 9.28. The molecule has 0 amide bonds. The van der Waals surface area contributed by atoms with Gasteiger partial charge in [-0.3, -0.25) is 0 Å². The van der Waals surface area contributed by atoms with Gasteiger partial charge in [0.05, 0.1) is 26.2 Å². The Bertz CT molecular complexity index is 191. The van der Waals surface area contributed by atoms with Crippen molar-refractivity contribution < 1.29 is 4.48 Å². The van der Waals surface area contributed by atoms with Crippen molar-refractivity contribution in [3.05, 3.63) is 0 Å². The molecule has 0 heterocycles. The van der Waals surface area contributed by atoms with Crippen LogP contribution < -0.4 is 11.5 Å². The third-order valence-electron chi connectivity index (χ3n) is 3.94. The molecule has 0 atom stereocenters. The first kappa shape index (κ1) is 22.9. The molecule has 128 valence electrons. The molecule has 0 saturated carbocycles. The van der Waals surface area contributed by atoms with Crippen LogP contribution in [0, 0.1) is 0 Å². The molecular formula is C17H40N3S+. The van der Waals surface area contributed by atoms with Gasteiger partial charge < -0.3 is 16.0 Å². The van der Waals surface area contributed by atoms with Gasteiger partial charge in [-0.05, 0) is 37.9 Å². The Morgan fingerprint density at radius 3 is 1.00 bits per heavy atom. The van der Waals surface area contributed by atoms with Crippen molar-refractivity contribution in [3.63, 3.8) is 0 Å². The van der Waals surface area contributed by atoms with Crippen LogP contribution in [-0.4, -0.2) is 35.8 Å². The zero-order valence-electron chi connectivity index (χ0n) is 15.0. The minimum atomic E-state index is 0.000000000000000222. The summed E-state index contributed by atoms with van der Waals surface area (Å²) in [7, 11) is 0. The molecule has 0 saturated heterocycles. The lowest BCUT2D eigenvalue weighted by atomic mass is 10.1. The van der Waals surface area contributed by atoms with Crippen LogP contribution in [0.3, 0.4) is 0 Å². The summed E-state index contributed by atoms with van der Waals surface area (Å²) in [6.45, 7) is 15.0. The SMILES string of the molecule is CCCC[N+](CCCC)(CCCC)CCCC.NC(N)=S. The van der Waals surface area contributed by atoms with Crippen LogP contribution >= 0.6 is 12.2 Å². The van der Waals surface area contributed by atoms with Crippen LogP contribution in [-0.2, 0) is 0 Å². The number of rotatable bonds is 12. The van der Waals surface area contributed by atoms with Gasteiger partial charge in [-0.15, -0.1) is 0 Å². The molecule has 4 N–H and O–H groups in total. The number of nitrogens with zero attached hydrogens (tertiary/aromatic N) is 1. The molecule has 4 heteroatoms. The predicted molar refractivity (Wildman–Crippen MR) is 100 cm³/mol. The van der Waals surface area contributed by atoms with Gasteiger partial charge in [-0.25, -0.2) is 0 Å². The Labute approximate surface area is 139 Å². The van der Waals surface area contributed by atoms with E-state index >= 15 is 0 Å². The maximum atomic E-state index is 4.62. The van der Waals surface area contributed by atoms with Gasteiger partial charge in [0.2, 0.25) is 0 Å². The Kier molecular flexibility index (Phi) is 17.5. The molecule has 3 nitrogen and oxygen atoms in total. The van der Waals surface area contributed by atoms with Gasteiger partial charge in [0, 0.05) is 0 Å². The minimum Gasteiger partial charge on any atom is -0.377 e. The van der Waals surface area contributed by atoms with E-state index in [2.05, 4.69) is 51.4 Å². The van der Waals surface area contributed by atoms with Crippen LogP contribution in [0.5, 0.6) is 0 Å². The summed E-state index contributed by atoms with van der Waals surface area (Å²) in [6, 6.07) is 0. The van der Waals surface area contributed by atoms with E-state index in [4.69, 9.17) is 0 Å². The van der Waals surface area contributed by atoms with Gasteiger partial charge in [0.15, 0.2) is 5.11 Å². The van der Waals surface area contributed by atoms with Crippen LogP contribution in [0.25, 0.3) is 0 Å². The predicted octanol–water partition coefficient (Wildman–Crippen LogP) is 4.19. The van der Waals surface area contributed by atoms with E-state index in [9.17, 15) is 0 Å². The van der Waals surface area contributed by atoms with E-state index in [1.807, 2.05) is 0 Å². The van der Waals surface area contributed by atoms with Gasteiger partial charge in [-0.2, -0.15) is 0 Å². The Morgan fingerprint density at radius 1 is 0.667 bits per heavy atom. The fourth-order valence-electron chi connectivity index (χ4n) is 2.64. The molecule has 0 bridgehead atoms. The van der Waals surface area contributed by atoms with Crippen molar-refractivity contribution in [2.24, 2.45) is 11.5 Å². The average molecular weight is 319 g/mol. The van der Waals surface area contributed by atoms with Crippen molar-refractivity contribution in [3.8, 4) is 0 Å². The number of quaternary nitrogens is 1. The fraction of sp³-hybridized carbons (Fsp3) is 0.941. The lowest BCUT2D eigenvalue weighted by Crippen LogP contribution is -2.50. The Morgan fingerprint density at radius 2 is 0.857 bits per heavy atom. The second kappa shape index (κ2) is 16.0. The second-order valence-electron chi connectivity index (χ2n) is 6.05. The molecule has 0 aliphatic carbocycles. The lowest BCUT2D eigenvalue weighted by Gasteiger charge is -2.39. The molecule has 0 radical (unpaired) electrons. The zero-order chi connectivity index (χ0) is 16.6. The molecular weight excluding hydrogens is 278 g/mol. The largest absolute Gasteiger partial charge is 0.377 e. The normalized spacial score (nSPS) is 10.9. The Hall–Kier alpha value is -0.350. The molecule has 0 spiro atoms. The summed E-state index contributed by atoms with van der Waals surface area (Å²) in [5.74, 6) is 0. The van der Waals surface area contributed by atoms with Crippen molar-refractivity contribution in [2.45, 2.75) is 79.1 Å². The number of hydrogen-bond acceptors (Lipinski definition) is 1. The maximum absolute atomic E-state index is 4.62. The quantitative estimate of drug-likeness (QED) is 0.419. The summed E-state index contributed by atoms with van der Waals surface area (Å²) >= 11 is 4.09.